The summed E-state index contributed by atoms with van der Waals surface area (Å²) in [6.07, 6.45) is 0.731. The molecule has 106 valence electrons. The van der Waals surface area contributed by atoms with E-state index in [4.69, 9.17) is 15.2 Å². The summed E-state index contributed by atoms with van der Waals surface area (Å²) < 4.78 is 10.4. The van der Waals surface area contributed by atoms with Gasteiger partial charge in [0.2, 0.25) is 0 Å². The van der Waals surface area contributed by atoms with Crippen LogP contribution in [0.15, 0.2) is 30.3 Å². The standard InChI is InChI=1S/C15H23NO3/c1-15(2,3)19-14(17)11-18-10-13(16)9-12-7-5-4-6-8-12/h4-8,13H,9-11,16H2,1-3H3/t13-/m0/s1. The topological polar surface area (TPSA) is 61.5 Å². The van der Waals surface area contributed by atoms with Crippen LogP contribution in [0.3, 0.4) is 0 Å². The van der Waals surface area contributed by atoms with Crippen molar-refractivity contribution in [2.45, 2.75) is 38.8 Å². The third-order valence-electron chi connectivity index (χ3n) is 2.31. The zero-order chi connectivity index (χ0) is 14.3. The molecular weight excluding hydrogens is 242 g/mol. The van der Waals surface area contributed by atoms with Crippen LogP contribution in [0, 0.1) is 0 Å². The molecule has 1 aromatic carbocycles. The highest BCUT2D eigenvalue weighted by atomic mass is 16.6. The molecule has 0 unspecified atom stereocenters. The molecule has 4 heteroatoms. The summed E-state index contributed by atoms with van der Waals surface area (Å²) in [5, 5.41) is 0. The summed E-state index contributed by atoms with van der Waals surface area (Å²) in [6.45, 7) is 5.76. The van der Waals surface area contributed by atoms with Crippen LogP contribution in [0.5, 0.6) is 0 Å². The Bertz CT molecular complexity index is 384. The number of carbonyl (C=O) groups is 1. The molecule has 2 N–H and O–H groups in total. The molecule has 0 aromatic heterocycles. The van der Waals surface area contributed by atoms with Crippen molar-refractivity contribution in [2.75, 3.05) is 13.2 Å². The van der Waals surface area contributed by atoms with Gasteiger partial charge in [-0.05, 0) is 32.8 Å². The highest BCUT2D eigenvalue weighted by molar-refractivity contribution is 5.71. The third-order valence-corrected chi connectivity index (χ3v) is 2.31. The van der Waals surface area contributed by atoms with Gasteiger partial charge in [0.05, 0.1) is 6.61 Å². The Morgan fingerprint density at radius 3 is 2.47 bits per heavy atom. The fourth-order valence-electron chi connectivity index (χ4n) is 1.64. The maximum absolute atomic E-state index is 11.4. The number of carbonyl (C=O) groups excluding carboxylic acids is 1. The van der Waals surface area contributed by atoms with Gasteiger partial charge < -0.3 is 15.2 Å². The minimum absolute atomic E-state index is 0.0558. The molecule has 0 amide bonds. The van der Waals surface area contributed by atoms with Gasteiger partial charge in [-0.15, -0.1) is 0 Å². The summed E-state index contributed by atoms with van der Waals surface area (Å²) in [6, 6.07) is 9.84. The van der Waals surface area contributed by atoms with E-state index in [1.165, 1.54) is 0 Å². The molecule has 1 rings (SSSR count). The van der Waals surface area contributed by atoms with E-state index in [1.807, 2.05) is 51.1 Å². The van der Waals surface area contributed by atoms with Gasteiger partial charge in [-0.25, -0.2) is 4.79 Å². The molecule has 0 aliphatic carbocycles. The highest BCUT2D eigenvalue weighted by Crippen LogP contribution is 2.07. The predicted octanol–water partition coefficient (Wildman–Crippen LogP) is 1.91. The SMILES string of the molecule is CC(C)(C)OC(=O)COC[C@@H](N)Cc1ccccc1. The van der Waals surface area contributed by atoms with Crippen LogP contribution >= 0.6 is 0 Å². The van der Waals surface area contributed by atoms with E-state index >= 15 is 0 Å². The average Bonchev–Trinajstić information content (AvgIpc) is 2.27. The van der Waals surface area contributed by atoms with Crippen molar-refractivity contribution in [3.8, 4) is 0 Å². The van der Waals surface area contributed by atoms with Gasteiger partial charge >= 0.3 is 5.97 Å². The van der Waals surface area contributed by atoms with Gasteiger partial charge in [0.15, 0.2) is 0 Å². The molecule has 0 fully saturated rings. The van der Waals surface area contributed by atoms with E-state index in [-0.39, 0.29) is 18.6 Å². The van der Waals surface area contributed by atoms with Crippen molar-refractivity contribution < 1.29 is 14.3 Å². The van der Waals surface area contributed by atoms with Crippen molar-refractivity contribution in [2.24, 2.45) is 5.73 Å². The number of hydrogen-bond donors (Lipinski definition) is 1. The number of nitrogens with two attached hydrogens (primary N) is 1. The van der Waals surface area contributed by atoms with Crippen molar-refractivity contribution in [1.29, 1.82) is 0 Å². The number of benzene rings is 1. The quantitative estimate of drug-likeness (QED) is 0.798. The van der Waals surface area contributed by atoms with E-state index in [2.05, 4.69) is 0 Å². The Kier molecular flexibility index (Phi) is 5.99. The fourth-order valence-corrected chi connectivity index (χ4v) is 1.64. The molecule has 0 aliphatic rings. The van der Waals surface area contributed by atoms with Gasteiger partial charge in [-0.1, -0.05) is 30.3 Å². The Balaban J connectivity index is 2.21. The Hall–Kier alpha value is -1.39. The molecular formula is C15H23NO3. The smallest absolute Gasteiger partial charge is 0.332 e. The molecule has 0 saturated heterocycles. The molecule has 0 radical (unpaired) electrons. The first kappa shape index (κ1) is 15.7. The molecule has 0 heterocycles. The lowest BCUT2D eigenvalue weighted by Crippen LogP contribution is -2.31. The number of ether oxygens (including phenoxy) is 2. The minimum Gasteiger partial charge on any atom is -0.458 e. The summed E-state index contributed by atoms with van der Waals surface area (Å²) in [7, 11) is 0. The van der Waals surface area contributed by atoms with Crippen molar-refractivity contribution >= 4 is 5.97 Å². The van der Waals surface area contributed by atoms with E-state index in [9.17, 15) is 4.79 Å². The molecule has 0 aliphatic heterocycles. The van der Waals surface area contributed by atoms with Gasteiger partial charge in [0.1, 0.15) is 12.2 Å². The number of rotatable bonds is 6. The van der Waals surface area contributed by atoms with Crippen molar-refractivity contribution in [3.63, 3.8) is 0 Å². The summed E-state index contributed by atoms with van der Waals surface area (Å²) >= 11 is 0. The van der Waals surface area contributed by atoms with E-state index < -0.39 is 5.60 Å². The Labute approximate surface area is 114 Å². The first-order chi connectivity index (χ1) is 8.87. The second kappa shape index (κ2) is 7.26. The lowest BCUT2D eigenvalue weighted by Gasteiger charge is -2.19. The summed E-state index contributed by atoms with van der Waals surface area (Å²) in [5.74, 6) is -0.362. The van der Waals surface area contributed by atoms with E-state index in [0.717, 1.165) is 12.0 Å². The zero-order valence-corrected chi connectivity index (χ0v) is 11.9. The monoisotopic (exact) mass is 265 g/mol. The van der Waals surface area contributed by atoms with Crippen LogP contribution in [-0.2, 0) is 20.7 Å². The number of esters is 1. The highest BCUT2D eigenvalue weighted by Gasteiger charge is 2.16. The molecule has 4 nitrogen and oxygen atoms in total. The average molecular weight is 265 g/mol. The second-order valence-corrected chi connectivity index (χ2v) is 5.55. The normalized spacial score (nSPS) is 13.1. The Morgan fingerprint density at radius 1 is 1.26 bits per heavy atom. The van der Waals surface area contributed by atoms with E-state index in [1.54, 1.807) is 0 Å². The van der Waals surface area contributed by atoms with Crippen LogP contribution in [0.4, 0.5) is 0 Å². The molecule has 1 aromatic rings. The van der Waals surface area contributed by atoms with Gasteiger partial charge in [-0.3, -0.25) is 0 Å². The van der Waals surface area contributed by atoms with Crippen LogP contribution in [0.25, 0.3) is 0 Å². The molecule has 0 bridgehead atoms. The van der Waals surface area contributed by atoms with Crippen LogP contribution in [0.1, 0.15) is 26.3 Å². The second-order valence-electron chi connectivity index (χ2n) is 5.55. The van der Waals surface area contributed by atoms with Gasteiger partial charge in [0, 0.05) is 6.04 Å². The molecule has 0 spiro atoms. The summed E-state index contributed by atoms with van der Waals surface area (Å²) in [4.78, 5) is 11.4. The lowest BCUT2D eigenvalue weighted by atomic mass is 10.1. The largest absolute Gasteiger partial charge is 0.458 e. The maximum Gasteiger partial charge on any atom is 0.332 e. The zero-order valence-electron chi connectivity index (χ0n) is 11.9. The van der Waals surface area contributed by atoms with Crippen LogP contribution in [0.2, 0.25) is 0 Å². The minimum atomic E-state index is -0.480. The molecule has 1 atom stereocenters. The third kappa shape index (κ3) is 7.59. The molecule has 19 heavy (non-hydrogen) atoms. The maximum atomic E-state index is 11.4. The molecule has 0 saturated carbocycles. The first-order valence-electron chi connectivity index (χ1n) is 6.46. The summed E-state index contributed by atoms with van der Waals surface area (Å²) in [5.41, 5.74) is 6.63. The van der Waals surface area contributed by atoms with E-state index in [0.29, 0.717) is 6.61 Å². The van der Waals surface area contributed by atoms with Crippen molar-refractivity contribution in [3.05, 3.63) is 35.9 Å². The van der Waals surface area contributed by atoms with Gasteiger partial charge in [0.25, 0.3) is 0 Å². The van der Waals surface area contributed by atoms with Crippen LogP contribution < -0.4 is 5.73 Å². The predicted molar refractivity (Wildman–Crippen MR) is 74.8 cm³/mol. The Morgan fingerprint density at radius 2 is 1.89 bits per heavy atom. The number of hydrogen-bond acceptors (Lipinski definition) is 4. The van der Waals surface area contributed by atoms with Crippen LogP contribution in [-0.4, -0.2) is 30.8 Å². The first-order valence-corrected chi connectivity index (χ1v) is 6.46. The fraction of sp³-hybridized carbons (Fsp3) is 0.533. The lowest BCUT2D eigenvalue weighted by molar-refractivity contribution is -0.160. The van der Waals surface area contributed by atoms with Gasteiger partial charge in [-0.2, -0.15) is 0 Å². The van der Waals surface area contributed by atoms with Crippen molar-refractivity contribution in [1.82, 2.24) is 0 Å².